The fourth-order valence-corrected chi connectivity index (χ4v) is 7.89. The zero-order valence-electron chi connectivity index (χ0n) is 18.3. The average Bonchev–Trinajstić information content (AvgIpc) is 3.30. The molecule has 9 nitrogen and oxygen atoms in total. The lowest BCUT2D eigenvalue weighted by atomic mass is 10.2. The van der Waals surface area contributed by atoms with Crippen molar-refractivity contribution in [2.24, 2.45) is 0 Å². The van der Waals surface area contributed by atoms with Crippen molar-refractivity contribution in [2.75, 3.05) is 23.3 Å². The van der Waals surface area contributed by atoms with Crippen LogP contribution < -0.4 is 10.2 Å². The van der Waals surface area contributed by atoms with Crippen molar-refractivity contribution in [2.45, 2.75) is 41.5 Å². The number of benzene rings is 1. The zero-order valence-corrected chi connectivity index (χ0v) is 19.9. The maximum absolute atomic E-state index is 13.1. The van der Waals surface area contributed by atoms with E-state index in [-0.39, 0.29) is 12.1 Å². The number of aromatic nitrogens is 4. The molecular formula is C23H23N7O2S2. The number of nitrogens with zero attached hydrogens (tertiary/aromatic N) is 5. The smallest absolute Gasteiger partial charge is 0.252 e. The van der Waals surface area contributed by atoms with Crippen LogP contribution in [0.4, 0.5) is 17.6 Å². The predicted molar refractivity (Wildman–Crippen MR) is 131 cm³/mol. The highest BCUT2D eigenvalue weighted by molar-refractivity contribution is 7.91. The minimum absolute atomic E-state index is 0.0561. The van der Waals surface area contributed by atoms with Crippen LogP contribution >= 0.6 is 11.3 Å². The number of para-hydroxylation sites is 1. The standard InChI is InChI=1S/C23H23N7O2S2/c31-34(32,21-6-3-9-33-21)30-13-15-10-16(30)12-29(15)23-24-18-5-2-1-4-17(18)22(26-23)25-20-11-19(27-28-20)14-7-8-14/h1-6,9,11,14-16H,7-8,10,12-13H2,(H2,24,25,26,27,28). The van der Waals surface area contributed by atoms with E-state index in [1.807, 2.05) is 24.3 Å². The molecule has 0 spiro atoms. The lowest BCUT2D eigenvalue weighted by Crippen LogP contribution is -2.49. The Morgan fingerprint density at radius 3 is 2.71 bits per heavy atom. The van der Waals surface area contributed by atoms with Gasteiger partial charge in [0.25, 0.3) is 10.0 Å². The molecule has 2 atom stereocenters. The first-order chi connectivity index (χ1) is 16.6. The summed E-state index contributed by atoms with van der Waals surface area (Å²) < 4.78 is 28.2. The van der Waals surface area contributed by atoms with Gasteiger partial charge < -0.3 is 10.2 Å². The monoisotopic (exact) mass is 493 g/mol. The summed E-state index contributed by atoms with van der Waals surface area (Å²) in [4.78, 5) is 11.9. The van der Waals surface area contributed by atoms with Gasteiger partial charge in [-0.15, -0.1) is 11.3 Å². The van der Waals surface area contributed by atoms with Crippen LogP contribution in [0.2, 0.25) is 0 Å². The van der Waals surface area contributed by atoms with Crippen LogP contribution in [0.1, 0.15) is 30.9 Å². The minimum atomic E-state index is -3.45. The van der Waals surface area contributed by atoms with E-state index in [4.69, 9.17) is 9.97 Å². The third-order valence-corrected chi connectivity index (χ3v) is 10.2. The molecule has 4 aromatic rings. The molecule has 2 aliphatic heterocycles. The highest BCUT2D eigenvalue weighted by Gasteiger charge is 2.49. The molecule has 2 saturated heterocycles. The summed E-state index contributed by atoms with van der Waals surface area (Å²) in [7, 11) is -3.45. The van der Waals surface area contributed by atoms with Gasteiger partial charge in [-0.25, -0.2) is 13.4 Å². The molecule has 2 unspecified atom stereocenters. The Morgan fingerprint density at radius 1 is 1.06 bits per heavy atom. The Hall–Kier alpha value is -3.02. The van der Waals surface area contributed by atoms with E-state index < -0.39 is 10.0 Å². The summed E-state index contributed by atoms with van der Waals surface area (Å²) >= 11 is 1.27. The van der Waals surface area contributed by atoms with Crippen LogP contribution in [0, 0.1) is 0 Å². The van der Waals surface area contributed by atoms with Crippen LogP contribution in [-0.4, -0.2) is 58.1 Å². The maximum Gasteiger partial charge on any atom is 0.252 e. The SMILES string of the molecule is O=S(=O)(c1cccs1)N1CC2CC1CN2c1nc(Nc2cc(C3CC3)[nH]n2)c2ccccc2n1. The summed E-state index contributed by atoms with van der Waals surface area (Å²) in [5.41, 5.74) is 2.00. The molecule has 34 heavy (non-hydrogen) atoms. The lowest BCUT2D eigenvalue weighted by molar-refractivity contribution is 0.368. The van der Waals surface area contributed by atoms with E-state index in [1.165, 1.54) is 24.2 Å². The average molecular weight is 494 g/mol. The van der Waals surface area contributed by atoms with Crippen LogP contribution in [-0.2, 0) is 10.0 Å². The molecule has 0 amide bonds. The van der Waals surface area contributed by atoms with E-state index in [9.17, 15) is 8.42 Å². The van der Waals surface area contributed by atoms with Crippen LogP contribution in [0.3, 0.4) is 0 Å². The van der Waals surface area contributed by atoms with E-state index in [0.717, 1.165) is 28.8 Å². The fourth-order valence-electron chi connectivity index (χ4n) is 5.11. The molecule has 174 valence electrons. The van der Waals surface area contributed by atoms with Gasteiger partial charge in [-0.05, 0) is 42.8 Å². The van der Waals surface area contributed by atoms with Crippen LogP contribution in [0.15, 0.2) is 52.1 Å². The van der Waals surface area contributed by atoms with E-state index in [0.29, 0.717) is 35.0 Å². The van der Waals surface area contributed by atoms with Crippen molar-refractivity contribution >= 4 is 49.8 Å². The molecule has 3 aliphatic rings. The summed E-state index contributed by atoms with van der Waals surface area (Å²) in [6.07, 6.45) is 3.20. The van der Waals surface area contributed by atoms with Crippen molar-refractivity contribution in [3.63, 3.8) is 0 Å². The van der Waals surface area contributed by atoms with Crippen molar-refractivity contribution < 1.29 is 8.42 Å². The molecule has 2 bridgehead atoms. The van der Waals surface area contributed by atoms with Gasteiger partial charge >= 0.3 is 0 Å². The third kappa shape index (κ3) is 3.29. The minimum Gasteiger partial charge on any atom is -0.335 e. The van der Waals surface area contributed by atoms with Gasteiger partial charge in [0.15, 0.2) is 5.82 Å². The third-order valence-electron chi connectivity index (χ3n) is 6.96. The van der Waals surface area contributed by atoms with Gasteiger partial charge in [0.2, 0.25) is 5.95 Å². The van der Waals surface area contributed by atoms with E-state index in [1.54, 1.807) is 21.8 Å². The second kappa shape index (κ2) is 7.49. The highest BCUT2D eigenvalue weighted by atomic mass is 32.2. The molecule has 0 radical (unpaired) electrons. The van der Waals surface area contributed by atoms with Gasteiger partial charge in [-0.3, -0.25) is 5.10 Å². The Labute approximate surface area is 200 Å². The number of thiophene rings is 1. The Morgan fingerprint density at radius 2 is 1.94 bits per heavy atom. The number of hydrogen-bond acceptors (Lipinski definition) is 8. The van der Waals surface area contributed by atoms with Crippen molar-refractivity contribution in [3.8, 4) is 0 Å². The quantitative estimate of drug-likeness (QED) is 0.422. The first kappa shape index (κ1) is 20.4. The first-order valence-electron chi connectivity index (χ1n) is 11.5. The predicted octanol–water partition coefficient (Wildman–Crippen LogP) is 3.69. The molecule has 1 aliphatic carbocycles. The Bertz CT molecular complexity index is 1480. The zero-order chi connectivity index (χ0) is 22.9. The maximum atomic E-state index is 13.1. The lowest BCUT2D eigenvalue weighted by Gasteiger charge is -2.33. The Balaban J connectivity index is 1.19. The van der Waals surface area contributed by atoms with Gasteiger partial charge in [0.1, 0.15) is 10.0 Å². The summed E-state index contributed by atoms with van der Waals surface area (Å²) in [5.74, 6) is 2.67. The molecule has 7 rings (SSSR count). The Kier molecular flexibility index (Phi) is 4.49. The van der Waals surface area contributed by atoms with Gasteiger partial charge in [-0.1, -0.05) is 18.2 Å². The second-order valence-corrected chi connectivity index (χ2v) is 12.3. The number of H-pyrrole nitrogens is 1. The second-order valence-electron chi connectivity index (χ2n) is 9.20. The summed E-state index contributed by atoms with van der Waals surface area (Å²) in [5, 5.41) is 13.7. The van der Waals surface area contributed by atoms with Crippen LogP contribution in [0.25, 0.3) is 10.9 Å². The first-order valence-corrected chi connectivity index (χ1v) is 13.8. The highest BCUT2D eigenvalue weighted by Crippen LogP contribution is 2.41. The molecular weight excluding hydrogens is 470 g/mol. The van der Waals surface area contributed by atoms with E-state index in [2.05, 4.69) is 26.5 Å². The fraction of sp³-hybridized carbons (Fsp3) is 0.348. The number of rotatable bonds is 6. The number of fused-ring (bicyclic) bond motifs is 3. The molecule has 11 heteroatoms. The normalized spacial score (nSPS) is 22.6. The number of piperazine rings is 1. The number of aromatic amines is 1. The number of sulfonamides is 1. The molecule has 1 aromatic carbocycles. The molecule has 2 N–H and O–H groups in total. The van der Waals surface area contributed by atoms with Crippen molar-refractivity contribution in [3.05, 3.63) is 53.5 Å². The van der Waals surface area contributed by atoms with Crippen molar-refractivity contribution in [1.29, 1.82) is 0 Å². The number of nitrogens with one attached hydrogen (secondary N) is 2. The summed E-state index contributed by atoms with van der Waals surface area (Å²) in [6.45, 7) is 1.04. The molecule has 3 fully saturated rings. The largest absolute Gasteiger partial charge is 0.335 e. The molecule has 5 heterocycles. The van der Waals surface area contributed by atoms with E-state index >= 15 is 0 Å². The van der Waals surface area contributed by atoms with Gasteiger partial charge in [-0.2, -0.15) is 14.4 Å². The summed E-state index contributed by atoms with van der Waals surface area (Å²) in [6, 6.07) is 13.4. The van der Waals surface area contributed by atoms with Gasteiger partial charge in [0.05, 0.1) is 5.52 Å². The topological polar surface area (TPSA) is 107 Å². The molecule has 1 saturated carbocycles. The van der Waals surface area contributed by atoms with Gasteiger partial charge in [0, 0.05) is 48.2 Å². The number of anilines is 3. The van der Waals surface area contributed by atoms with Crippen molar-refractivity contribution in [1.82, 2.24) is 24.5 Å². The molecule has 3 aromatic heterocycles. The number of hydrogen-bond donors (Lipinski definition) is 2. The van der Waals surface area contributed by atoms with Crippen LogP contribution in [0.5, 0.6) is 0 Å².